The summed E-state index contributed by atoms with van der Waals surface area (Å²) in [7, 11) is 0. The minimum absolute atomic E-state index is 0.485. The van der Waals surface area contributed by atoms with E-state index in [1.807, 2.05) is 0 Å². The Labute approximate surface area is 480 Å². The molecule has 2 aliphatic heterocycles. The van der Waals surface area contributed by atoms with Crippen LogP contribution in [-0.2, 0) is 10.8 Å². The zero-order chi connectivity index (χ0) is 53.5. The molecule has 6 aliphatic rings. The van der Waals surface area contributed by atoms with Crippen LogP contribution >= 0.6 is 0 Å². The molecule has 378 valence electrons. The molecule has 0 saturated carbocycles. The van der Waals surface area contributed by atoms with E-state index in [-0.39, 0.29) is 0 Å². The topological polar surface area (TPSA) is 3.24 Å². The minimum atomic E-state index is -3.39. The second-order valence-corrected chi connectivity index (χ2v) is 30.9. The zero-order valence-electron chi connectivity index (χ0n) is 44.7. The summed E-state index contributed by atoms with van der Waals surface area (Å²) < 4.78 is 6.18. The molecule has 0 aromatic heterocycles. The molecule has 0 amide bonds. The van der Waals surface area contributed by atoms with Gasteiger partial charge in [-0.05, 0) is 66.8 Å². The van der Waals surface area contributed by atoms with Crippen molar-refractivity contribution in [3.63, 3.8) is 0 Å². The van der Waals surface area contributed by atoms with Crippen molar-refractivity contribution in [3.05, 3.63) is 342 Å². The van der Waals surface area contributed by atoms with Crippen LogP contribution in [0.4, 0.5) is 17.1 Å². The monoisotopic (exact) mass is 1100 g/mol. The molecule has 82 heavy (non-hydrogen) atoms. The molecule has 0 atom stereocenters. The Morgan fingerprint density at radius 2 is 0.463 bits per heavy atom. The molecule has 0 fully saturated rings. The van der Waals surface area contributed by atoms with Crippen LogP contribution in [0.5, 0.6) is 0 Å². The molecule has 19 rings (SSSR count). The quantitative estimate of drug-likeness (QED) is 0.159. The first-order valence-corrected chi connectivity index (χ1v) is 33.1. The van der Waals surface area contributed by atoms with Crippen LogP contribution in [0.25, 0.3) is 77.9 Å². The van der Waals surface area contributed by atoms with Crippen molar-refractivity contribution in [1.29, 1.82) is 0 Å². The third-order valence-electron chi connectivity index (χ3n) is 19.9. The fourth-order valence-electron chi connectivity index (χ4n) is 17.0. The van der Waals surface area contributed by atoms with Gasteiger partial charge in [-0.3, -0.25) is 0 Å². The molecule has 0 saturated heterocycles. The summed E-state index contributed by atoms with van der Waals surface area (Å²) in [5.74, 6) is 0. The van der Waals surface area contributed by atoms with Crippen molar-refractivity contribution in [1.82, 2.24) is 0 Å². The van der Waals surface area contributed by atoms with Crippen LogP contribution in [-0.4, -0.2) is 13.3 Å². The maximum absolute atomic E-state index is 3.39. The van der Waals surface area contributed by atoms with Crippen LogP contribution in [0.2, 0.25) is 0 Å². The van der Waals surface area contributed by atoms with E-state index in [4.69, 9.17) is 0 Å². The summed E-state index contributed by atoms with van der Waals surface area (Å²) in [5.41, 5.74) is 31.6. The molecule has 3 spiro atoms. The predicted molar refractivity (Wildman–Crippen MR) is 341 cm³/mol. The summed E-state index contributed by atoms with van der Waals surface area (Å²) in [6, 6.07) is 114. The van der Waals surface area contributed by atoms with E-state index in [2.05, 4.69) is 302 Å². The number of anilines is 3. The van der Waals surface area contributed by atoms with Gasteiger partial charge in [-0.2, -0.15) is 0 Å². The fourth-order valence-corrected chi connectivity index (χ4v) is 28.8. The Balaban J connectivity index is 0.828. The van der Waals surface area contributed by atoms with E-state index in [1.54, 1.807) is 13.2 Å². The molecular formula is C80H49GeN. The van der Waals surface area contributed by atoms with Crippen LogP contribution in [0, 0.1) is 0 Å². The van der Waals surface area contributed by atoms with Crippen molar-refractivity contribution in [2.24, 2.45) is 0 Å². The average molecular weight is 1100 g/mol. The van der Waals surface area contributed by atoms with Crippen molar-refractivity contribution in [2.75, 3.05) is 4.90 Å². The van der Waals surface area contributed by atoms with Gasteiger partial charge in [0.1, 0.15) is 0 Å². The molecule has 1 nitrogen and oxygen atoms in total. The third-order valence-corrected chi connectivity index (χ3v) is 30.3. The number of benzene rings is 13. The van der Waals surface area contributed by atoms with Gasteiger partial charge in [0.15, 0.2) is 0 Å². The number of hydrogen-bond acceptors (Lipinski definition) is 1. The summed E-state index contributed by atoms with van der Waals surface area (Å²) in [6.45, 7) is 0. The summed E-state index contributed by atoms with van der Waals surface area (Å²) >= 11 is -3.39. The fraction of sp³-hybridized carbons (Fsp3) is 0.0250. The van der Waals surface area contributed by atoms with Gasteiger partial charge in [0.25, 0.3) is 0 Å². The van der Waals surface area contributed by atoms with Gasteiger partial charge >= 0.3 is 271 Å². The second kappa shape index (κ2) is 16.2. The van der Waals surface area contributed by atoms with Gasteiger partial charge in [-0.25, -0.2) is 0 Å². The molecule has 0 N–H and O–H groups in total. The first-order valence-electron chi connectivity index (χ1n) is 28.9. The van der Waals surface area contributed by atoms with Crippen molar-refractivity contribution >= 4 is 47.9 Å². The Morgan fingerprint density at radius 3 is 0.829 bits per heavy atom. The van der Waals surface area contributed by atoms with Crippen LogP contribution in [0.1, 0.15) is 44.5 Å². The molecule has 2 heteroatoms. The molecule has 0 unspecified atom stereocenters. The molecule has 2 heterocycles. The molecular weight excluding hydrogens is 1050 g/mol. The Bertz CT molecular complexity index is 4580. The average Bonchev–Trinajstić information content (AvgIpc) is 1.65. The number of rotatable bonds is 4. The third kappa shape index (κ3) is 5.37. The zero-order valence-corrected chi connectivity index (χ0v) is 46.8. The number of hydrogen-bond donors (Lipinski definition) is 0. The van der Waals surface area contributed by atoms with Crippen molar-refractivity contribution in [2.45, 2.75) is 10.8 Å². The van der Waals surface area contributed by atoms with Crippen molar-refractivity contribution in [3.8, 4) is 77.9 Å². The second-order valence-electron chi connectivity index (χ2n) is 23.3. The van der Waals surface area contributed by atoms with E-state index < -0.39 is 24.1 Å². The Kier molecular flexibility index (Phi) is 8.89. The number of nitrogens with zero attached hydrogens (tertiary/aromatic N) is 1. The normalized spacial score (nSPS) is 14.9. The van der Waals surface area contributed by atoms with E-state index in [9.17, 15) is 0 Å². The standard InChI is InChI=1S/C80H49GeN/c1-10-28-67-55(19-1)56-20-2-11-29-68(56)79(67)71-32-14-5-23-59(71)61-45-42-53(48-73(61)79)82(54-43-46-62-60-24-6-15-33-72(60)80(74(62)49-54)69-30-12-3-21-57(69)58-22-4-13-31-70(58)80)52-40-37-50(38-41-52)51-39-44-66-65-27-9-18-36-77(65)81(78(66)47-51)75-34-16-7-25-63(75)64-26-8-17-35-76(64)81/h1-49H. The number of fused-ring (bicyclic) bond motifs is 30. The molecule has 13 aromatic carbocycles. The van der Waals surface area contributed by atoms with E-state index >= 15 is 0 Å². The molecule has 0 radical (unpaired) electrons. The van der Waals surface area contributed by atoms with Crippen LogP contribution < -0.4 is 22.5 Å². The first kappa shape index (κ1) is 45.0. The summed E-state index contributed by atoms with van der Waals surface area (Å²) in [4.78, 5) is 2.55. The predicted octanol–water partition coefficient (Wildman–Crippen LogP) is 16.8. The van der Waals surface area contributed by atoms with Gasteiger partial charge in [-0.1, -0.05) is 146 Å². The van der Waals surface area contributed by atoms with Crippen LogP contribution in [0.3, 0.4) is 0 Å². The van der Waals surface area contributed by atoms with Gasteiger partial charge in [-0.15, -0.1) is 0 Å². The maximum atomic E-state index is 2.59. The van der Waals surface area contributed by atoms with E-state index in [0.29, 0.717) is 0 Å². The van der Waals surface area contributed by atoms with Crippen LogP contribution in [0.15, 0.2) is 297 Å². The van der Waals surface area contributed by atoms with Gasteiger partial charge < -0.3 is 0 Å². The van der Waals surface area contributed by atoms with Crippen molar-refractivity contribution < 1.29 is 0 Å². The Hall–Kier alpha value is -9.80. The SMILES string of the molecule is c1ccc2c(c1)-c1ccccc1C21c2ccccc2-c2ccc(N(c3ccc(-c4ccc5[c](c4)[Ge]4([c]6ccccc6-c6cccc[c]64)[c]4ccccc4-5)cc3)c3ccc4c(c3)C3(c5ccccc5-c5ccccc53)c3ccccc3-4)cc21. The summed E-state index contributed by atoms with van der Waals surface area (Å²) in [5, 5.41) is 0. The van der Waals surface area contributed by atoms with E-state index in [1.165, 1.54) is 127 Å². The summed E-state index contributed by atoms with van der Waals surface area (Å²) in [6.07, 6.45) is 0. The molecule has 13 aromatic rings. The van der Waals surface area contributed by atoms with Gasteiger partial charge in [0, 0.05) is 0 Å². The van der Waals surface area contributed by atoms with Gasteiger partial charge in [0.05, 0.1) is 0 Å². The van der Waals surface area contributed by atoms with E-state index in [0.717, 1.165) is 17.1 Å². The molecule has 0 bridgehead atoms. The van der Waals surface area contributed by atoms with Gasteiger partial charge in [0.2, 0.25) is 0 Å². The molecule has 4 aliphatic carbocycles. The Morgan fingerprint density at radius 1 is 0.195 bits per heavy atom. The first-order chi connectivity index (χ1) is 40.7.